The zero-order chi connectivity index (χ0) is 15.5. The van der Waals surface area contributed by atoms with Crippen molar-refractivity contribution in [2.75, 3.05) is 0 Å². The molecule has 1 heterocycles. The van der Waals surface area contributed by atoms with Gasteiger partial charge >= 0.3 is 0 Å². The summed E-state index contributed by atoms with van der Waals surface area (Å²) in [4.78, 5) is 4.61. The highest BCUT2D eigenvalue weighted by atomic mass is 35.5. The lowest BCUT2D eigenvalue weighted by atomic mass is 10.1. The summed E-state index contributed by atoms with van der Waals surface area (Å²) < 4.78 is 2.05. The number of aryl methyl sites for hydroxylation is 1. The van der Waals surface area contributed by atoms with E-state index in [1.165, 1.54) is 0 Å². The van der Waals surface area contributed by atoms with Gasteiger partial charge in [-0.1, -0.05) is 35.9 Å². The third-order valence-electron chi connectivity index (χ3n) is 3.49. The summed E-state index contributed by atoms with van der Waals surface area (Å²) in [6.07, 6.45) is 1.82. The first-order chi connectivity index (χ1) is 10.7. The first-order valence-corrected chi connectivity index (χ1v) is 7.43. The van der Waals surface area contributed by atoms with Gasteiger partial charge in [-0.25, -0.2) is 4.98 Å². The summed E-state index contributed by atoms with van der Waals surface area (Å²) in [6.45, 7) is 2.80. The van der Waals surface area contributed by atoms with Gasteiger partial charge in [0.05, 0.1) is 16.6 Å². The molecule has 0 spiro atoms. The number of fused-ring (bicyclic) bond motifs is 1. The van der Waals surface area contributed by atoms with Crippen LogP contribution in [0.15, 0.2) is 48.5 Å². The van der Waals surface area contributed by atoms with Crippen molar-refractivity contribution in [3.63, 3.8) is 0 Å². The molecule has 2 aromatic carbocycles. The van der Waals surface area contributed by atoms with E-state index in [1.807, 2.05) is 61.5 Å². The normalized spacial score (nSPS) is 11.6. The van der Waals surface area contributed by atoms with Gasteiger partial charge in [-0.3, -0.25) is 0 Å². The van der Waals surface area contributed by atoms with Gasteiger partial charge in [0, 0.05) is 11.6 Å². The highest BCUT2D eigenvalue weighted by Gasteiger charge is 2.13. The summed E-state index contributed by atoms with van der Waals surface area (Å²) in [7, 11) is 0. The Morgan fingerprint density at radius 2 is 2.09 bits per heavy atom. The molecule has 0 atom stereocenters. The maximum absolute atomic E-state index is 9.55. The van der Waals surface area contributed by atoms with Crippen LogP contribution in [0.2, 0.25) is 5.02 Å². The largest absolute Gasteiger partial charge is 0.324 e. The molecule has 3 rings (SSSR count). The molecule has 0 aliphatic rings. The second kappa shape index (κ2) is 6.05. The summed E-state index contributed by atoms with van der Waals surface area (Å²) >= 11 is 6.01. The number of halogens is 1. The van der Waals surface area contributed by atoms with Gasteiger partial charge in [-0.05, 0) is 42.8 Å². The summed E-state index contributed by atoms with van der Waals surface area (Å²) in [5.41, 5.74) is 3.35. The molecule has 108 valence electrons. The predicted octanol–water partition coefficient (Wildman–Crippen LogP) is 4.77. The summed E-state index contributed by atoms with van der Waals surface area (Å²) in [5, 5.41) is 10.2. The Balaban J connectivity index is 2.17. The van der Waals surface area contributed by atoms with Crippen molar-refractivity contribution in [1.29, 1.82) is 5.26 Å². The molecular formula is C18H14ClN3. The van der Waals surface area contributed by atoms with Gasteiger partial charge in [-0.2, -0.15) is 5.26 Å². The van der Waals surface area contributed by atoms with Crippen LogP contribution in [0.1, 0.15) is 18.3 Å². The molecular weight excluding hydrogens is 294 g/mol. The summed E-state index contributed by atoms with van der Waals surface area (Å²) in [5.74, 6) is 0.686. The summed E-state index contributed by atoms with van der Waals surface area (Å²) in [6, 6.07) is 17.6. The zero-order valence-electron chi connectivity index (χ0n) is 12.1. The number of hydrogen-bond donors (Lipinski definition) is 0. The van der Waals surface area contributed by atoms with Crippen molar-refractivity contribution in [3.8, 4) is 6.07 Å². The van der Waals surface area contributed by atoms with Gasteiger partial charge in [-0.15, -0.1) is 0 Å². The van der Waals surface area contributed by atoms with Crippen LogP contribution in [0.5, 0.6) is 0 Å². The maximum Gasteiger partial charge on any atom is 0.151 e. The Morgan fingerprint density at radius 3 is 2.82 bits per heavy atom. The Bertz CT molecular complexity index is 900. The molecule has 0 bridgehead atoms. The smallest absolute Gasteiger partial charge is 0.151 e. The van der Waals surface area contributed by atoms with Crippen LogP contribution in [-0.2, 0) is 6.54 Å². The molecule has 3 aromatic rings. The number of aromatic nitrogens is 2. The number of allylic oxidation sites excluding steroid dienone is 1. The third-order valence-corrected chi connectivity index (χ3v) is 3.73. The molecule has 0 fully saturated rings. The highest BCUT2D eigenvalue weighted by molar-refractivity contribution is 6.30. The van der Waals surface area contributed by atoms with Gasteiger partial charge in [0.2, 0.25) is 0 Å². The van der Waals surface area contributed by atoms with E-state index in [0.29, 0.717) is 16.4 Å². The molecule has 3 nitrogen and oxygen atoms in total. The Kier molecular flexibility index (Phi) is 3.95. The lowest BCUT2D eigenvalue weighted by Crippen LogP contribution is -2.00. The standard InChI is InChI=1S/C18H14ClN3/c1-2-22-17-9-4-3-8-16(17)21-18(22)14(12-20)10-13-6-5-7-15(19)11-13/h3-11H,2H2,1H3/b14-10-. The van der Waals surface area contributed by atoms with Gasteiger partial charge in [0.15, 0.2) is 5.82 Å². The lowest BCUT2D eigenvalue weighted by molar-refractivity contribution is 0.775. The van der Waals surface area contributed by atoms with E-state index in [9.17, 15) is 5.26 Å². The van der Waals surface area contributed by atoms with Crippen molar-refractivity contribution in [1.82, 2.24) is 9.55 Å². The van der Waals surface area contributed by atoms with Gasteiger partial charge in [0.25, 0.3) is 0 Å². The van der Waals surface area contributed by atoms with Crippen molar-refractivity contribution in [2.45, 2.75) is 13.5 Å². The average Bonchev–Trinajstić information content (AvgIpc) is 2.91. The molecule has 0 radical (unpaired) electrons. The molecule has 0 amide bonds. The number of imidazole rings is 1. The monoisotopic (exact) mass is 307 g/mol. The fourth-order valence-corrected chi connectivity index (χ4v) is 2.71. The van der Waals surface area contributed by atoms with E-state index in [0.717, 1.165) is 23.1 Å². The van der Waals surface area contributed by atoms with Crippen LogP contribution < -0.4 is 0 Å². The molecule has 0 saturated heterocycles. The lowest BCUT2D eigenvalue weighted by Gasteiger charge is -2.05. The minimum absolute atomic E-state index is 0.528. The molecule has 0 unspecified atom stereocenters. The van der Waals surface area contributed by atoms with Crippen LogP contribution in [0.3, 0.4) is 0 Å². The van der Waals surface area contributed by atoms with E-state index >= 15 is 0 Å². The van der Waals surface area contributed by atoms with Crippen molar-refractivity contribution in [3.05, 3.63) is 64.9 Å². The number of para-hydroxylation sites is 2. The Hall–Kier alpha value is -2.57. The quantitative estimate of drug-likeness (QED) is 0.654. The zero-order valence-corrected chi connectivity index (χ0v) is 12.9. The third kappa shape index (κ3) is 2.61. The number of benzene rings is 2. The van der Waals surface area contributed by atoms with Gasteiger partial charge in [0.1, 0.15) is 6.07 Å². The number of hydrogen-bond acceptors (Lipinski definition) is 2. The number of rotatable bonds is 3. The average molecular weight is 308 g/mol. The SMILES string of the molecule is CCn1c(/C(C#N)=C\c2cccc(Cl)c2)nc2ccccc21. The van der Waals surface area contributed by atoms with Crippen LogP contribution in [0, 0.1) is 11.3 Å². The fourth-order valence-electron chi connectivity index (χ4n) is 2.51. The van der Waals surface area contributed by atoms with Crippen LogP contribution in [0.25, 0.3) is 22.7 Å². The molecule has 4 heteroatoms. The maximum atomic E-state index is 9.55. The van der Waals surface area contributed by atoms with E-state index < -0.39 is 0 Å². The second-order valence-corrected chi connectivity index (χ2v) is 5.33. The van der Waals surface area contributed by atoms with Crippen molar-refractivity contribution >= 4 is 34.3 Å². The number of nitrogens with zero attached hydrogens (tertiary/aromatic N) is 3. The second-order valence-electron chi connectivity index (χ2n) is 4.89. The van der Waals surface area contributed by atoms with Crippen LogP contribution in [0.4, 0.5) is 0 Å². The van der Waals surface area contributed by atoms with E-state index in [2.05, 4.69) is 15.6 Å². The molecule has 0 saturated carbocycles. The highest BCUT2D eigenvalue weighted by Crippen LogP contribution is 2.23. The minimum Gasteiger partial charge on any atom is -0.324 e. The first kappa shape index (κ1) is 14.4. The Labute approximate surface area is 134 Å². The topological polar surface area (TPSA) is 41.6 Å². The van der Waals surface area contributed by atoms with Crippen LogP contribution >= 0.6 is 11.6 Å². The minimum atomic E-state index is 0.528. The number of nitriles is 1. The molecule has 0 aliphatic heterocycles. The molecule has 0 aliphatic carbocycles. The molecule has 0 N–H and O–H groups in total. The molecule has 22 heavy (non-hydrogen) atoms. The van der Waals surface area contributed by atoms with E-state index in [1.54, 1.807) is 0 Å². The van der Waals surface area contributed by atoms with E-state index in [-0.39, 0.29) is 0 Å². The van der Waals surface area contributed by atoms with Crippen molar-refractivity contribution < 1.29 is 0 Å². The van der Waals surface area contributed by atoms with Crippen molar-refractivity contribution in [2.24, 2.45) is 0 Å². The predicted molar refractivity (Wildman–Crippen MR) is 90.3 cm³/mol. The Morgan fingerprint density at radius 1 is 1.27 bits per heavy atom. The van der Waals surface area contributed by atoms with Crippen LogP contribution in [-0.4, -0.2) is 9.55 Å². The first-order valence-electron chi connectivity index (χ1n) is 7.06. The molecule has 1 aromatic heterocycles. The van der Waals surface area contributed by atoms with E-state index in [4.69, 9.17) is 11.6 Å². The fraction of sp³-hybridized carbons (Fsp3) is 0.111. The van der Waals surface area contributed by atoms with Gasteiger partial charge < -0.3 is 4.57 Å².